The van der Waals surface area contributed by atoms with Gasteiger partial charge < -0.3 is 10.6 Å². The quantitative estimate of drug-likeness (QED) is 0.732. The van der Waals surface area contributed by atoms with Gasteiger partial charge in [0, 0.05) is 17.1 Å². The van der Waals surface area contributed by atoms with E-state index in [0.717, 1.165) is 12.2 Å². The van der Waals surface area contributed by atoms with Crippen molar-refractivity contribution in [3.8, 4) is 0 Å². The molecule has 0 atom stereocenters. The van der Waals surface area contributed by atoms with Gasteiger partial charge in [0.15, 0.2) is 5.82 Å². The topological polar surface area (TPSA) is 37.0 Å². The number of nitrogens with one attached hydrogen (secondary N) is 2. The lowest BCUT2D eigenvalue weighted by Crippen LogP contribution is -2.03. The minimum atomic E-state index is 0.491. The van der Waals surface area contributed by atoms with Gasteiger partial charge in [-0.05, 0) is 43.5 Å². The third-order valence-electron chi connectivity index (χ3n) is 2.63. The highest BCUT2D eigenvalue weighted by Gasteiger charge is 2.09. The average molecular weight is 328 g/mol. The summed E-state index contributed by atoms with van der Waals surface area (Å²) >= 11 is 14.0. The van der Waals surface area contributed by atoms with E-state index in [-0.39, 0.29) is 0 Å². The van der Waals surface area contributed by atoms with E-state index in [2.05, 4.69) is 15.6 Å². The molecule has 106 valence electrons. The fraction of sp³-hybridized carbons (Fsp3) is 0.214. The van der Waals surface area contributed by atoms with Crippen LogP contribution >= 0.6 is 35.0 Å². The lowest BCUT2D eigenvalue weighted by atomic mass is 10.3. The van der Waals surface area contributed by atoms with Crippen molar-refractivity contribution in [2.75, 3.05) is 23.4 Å². The van der Waals surface area contributed by atoms with Crippen LogP contribution < -0.4 is 10.6 Å². The van der Waals surface area contributed by atoms with E-state index in [0.29, 0.717) is 21.7 Å². The number of nitrogens with zero attached hydrogens (tertiary/aromatic N) is 1. The van der Waals surface area contributed by atoms with E-state index in [1.54, 1.807) is 17.8 Å². The summed E-state index contributed by atoms with van der Waals surface area (Å²) in [6.45, 7) is 2.73. The summed E-state index contributed by atoms with van der Waals surface area (Å²) in [6.07, 6.45) is 2.04. The molecule has 0 fully saturated rings. The highest BCUT2D eigenvalue weighted by atomic mass is 35.5. The summed E-state index contributed by atoms with van der Waals surface area (Å²) in [5.41, 5.74) is 0.932. The molecule has 1 aromatic heterocycles. The number of pyridine rings is 1. The van der Waals surface area contributed by atoms with Crippen LogP contribution in [0.15, 0.2) is 35.2 Å². The molecule has 0 saturated carbocycles. The van der Waals surface area contributed by atoms with Crippen molar-refractivity contribution in [3.63, 3.8) is 0 Å². The molecule has 1 aromatic carbocycles. The number of halogens is 2. The van der Waals surface area contributed by atoms with Gasteiger partial charge in [0.2, 0.25) is 0 Å². The van der Waals surface area contributed by atoms with Gasteiger partial charge in [0.05, 0.1) is 10.0 Å². The monoisotopic (exact) mass is 327 g/mol. The predicted molar refractivity (Wildman–Crippen MR) is 89.9 cm³/mol. The minimum Gasteiger partial charge on any atom is -0.369 e. The van der Waals surface area contributed by atoms with Gasteiger partial charge in [-0.1, -0.05) is 23.2 Å². The molecular weight excluding hydrogens is 313 g/mol. The number of hydrogen-bond donors (Lipinski definition) is 2. The molecule has 0 spiro atoms. The Bertz CT molecular complexity index is 588. The van der Waals surface area contributed by atoms with Crippen LogP contribution in [-0.2, 0) is 0 Å². The fourth-order valence-corrected chi connectivity index (χ4v) is 2.54. The van der Waals surface area contributed by atoms with Crippen LogP contribution in [0.2, 0.25) is 10.0 Å². The second kappa shape index (κ2) is 7.07. The predicted octanol–water partition coefficient (Wildman–Crippen LogP) is 5.29. The molecular formula is C14H15Cl2N3S. The fourth-order valence-electron chi connectivity index (χ4n) is 1.66. The number of hydrogen-bond acceptors (Lipinski definition) is 4. The Balaban J connectivity index is 2.25. The largest absolute Gasteiger partial charge is 0.369 e. The molecule has 6 heteroatoms. The van der Waals surface area contributed by atoms with Crippen LogP contribution in [0.3, 0.4) is 0 Å². The molecule has 20 heavy (non-hydrogen) atoms. The number of anilines is 3. The van der Waals surface area contributed by atoms with E-state index < -0.39 is 0 Å². The molecule has 0 bridgehead atoms. The second-order valence-electron chi connectivity index (χ2n) is 4.03. The summed E-state index contributed by atoms with van der Waals surface area (Å²) in [6, 6.07) is 9.76. The molecule has 0 saturated heterocycles. The third kappa shape index (κ3) is 3.72. The first kappa shape index (κ1) is 15.3. The summed E-state index contributed by atoms with van der Waals surface area (Å²) in [4.78, 5) is 5.62. The summed E-state index contributed by atoms with van der Waals surface area (Å²) in [5, 5.41) is 7.31. The van der Waals surface area contributed by atoms with Gasteiger partial charge in [-0.15, -0.1) is 11.8 Å². The zero-order valence-corrected chi connectivity index (χ0v) is 13.5. The first-order valence-electron chi connectivity index (χ1n) is 6.15. The maximum Gasteiger partial charge on any atom is 0.151 e. The van der Waals surface area contributed by atoms with E-state index >= 15 is 0 Å². The number of thioether (sulfide) groups is 1. The second-order valence-corrected chi connectivity index (χ2v) is 5.73. The molecule has 0 aliphatic carbocycles. The lowest BCUT2D eigenvalue weighted by molar-refractivity contribution is 1.16. The van der Waals surface area contributed by atoms with Crippen molar-refractivity contribution in [1.82, 2.24) is 4.98 Å². The third-order valence-corrected chi connectivity index (χ3v) is 3.95. The van der Waals surface area contributed by atoms with Crippen molar-refractivity contribution in [3.05, 3.63) is 40.4 Å². The Morgan fingerprint density at radius 1 is 1.10 bits per heavy atom. The Morgan fingerprint density at radius 2 is 1.75 bits per heavy atom. The molecule has 0 amide bonds. The Hall–Kier alpha value is -1.10. The van der Waals surface area contributed by atoms with Crippen molar-refractivity contribution < 1.29 is 0 Å². The Kier molecular flexibility index (Phi) is 5.40. The summed E-state index contributed by atoms with van der Waals surface area (Å²) < 4.78 is 0. The van der Waals surface area contributed by atoms with Gasteiger partial charge in [0.25, 0.3) is 0 Å². The molecule has 2 rings (SSSR count). The van der Waals surface area contributed by atoms with E-state index in [1.165, 1.54) is 4.90 Å². The van der Waals surface area contributed by atoms with Crippen molar-refractivity contribution in [2.24, 2.45) is 0 Å². The standard InChI is InChI=1S/C14H15Cl2N3S/c1-3-17-13-11(15)8-12(16)14(19-13)18-9-4-6-10(20-2)7-5-9/h4-8H,3H2,1-2H3,(H2,17,18,19). The number of aromatic nitrogens is 1. The Morgan fingerprint density at radius 3 is 2.35 bits per heavy atom. The molecule has 1 heterocycles. The number of rotatable bonds is 5. The van der Waals surface area contributed by atoms with E-state index in [1.807, 2.05) is 37.4 Å². The van der Waals surface area contributed by atoms with Gasteiger partial charge in [-0.2, -0.15) is 0 Å². The smallest absolute Gasteiger partial charge is 0.151 e. The van der Waals surface area contributed by atoms with Crippen LogP contribution in [0.1, 0.15) is 6.92 Å². The molecule has 0 aliphatic rings. The van der Waals surface area contributed by atoms with Gasteiger partial charge >= 0.3 is 0 Å². The van der Waals surface area contributed by atoms with E-state index in [9.17, 15) is 0 Å². The Labute approximate surface area is 133 Å². The van der Waals surface area contributed by atoms with Gasteiger partial charge in [-0.25, -0.2) is 4.98 Å². The van der Waals surface area contributed by atoms with E-state index in [4.69, 9.17) is 23.2 Å². The maximum atomic E-state index is 6.17. The zero-order chi connectivity index (χ0) is 14.5. The van der Waals surface area contributed by atoms with Crippen LogP contribution in [-0.4, -0.2) is 17.8 Å². The van der Waals surface area contributed by atoms with Crippen LogP contribution in [0, 0.1) is 0 Å². The molecule has 0 radical (unpaired) electrons. The van der Waals surface area contributed by atoms with Crippen molar-refractivity contribution in [2.45, 2.75) is 11.8 Å². The highest BCUT2D eigenvalue weighted by molar-refractivity contribution is 7.98. The van der Waals surface area contributed by atoms with Crippen LogP contribution in [0.25, 0.3) is 0 Å². The minimum absolute atomic E-state index is 0.491. The van der Waals surface area contributed by atoms with Crippen LogP contribution in [0.4, 0.5) is 17.3 Å². The SMILES string of the molecule is CCNc1nc(Nc2ccc(SC)cc2)c(Cl)cc1Cl. The maximum absolute atomic E-state index is 6.17. The molecule has 2 N–H and O–H groups in total. The van der Waals surface area contributed by atoms with Gasteiger partial charge in [0.1, 0.15) is 5.82 Å². The highest BCUT2D eigenvalue weighted by Crippen LogP contribution is 2.31. The molecule has 2 aromatic rings. The normalized spacial score (nSPS) is 10.4. The molecule has 3 nitrogen and oxygen atoms in total. The van der Waals surface area contributed by atoms with Crippen molar-refractivity contribution >= 4 is 52.3 Å². The van der Waals surface area contributed by atoms with Gasteiger partial charge in [-0.3, -0.25) is 0 Å². The van der Waals surface area contributed by atoms with Crippen LogP contribution in [0.5, 0.6) is 0 Å². The first-order chi connectivity index (χ1) is 9.63. The summed E-state index contributed by atoms with van der Waals surface area (Å²) in [7, 11) is 0. The first-order valence-corrected chi connectivity index (χ1v) is 8.13. The molecule has 0 aliphatic heterocycles. The van der Waals surface area contributed by atoms with Crippen molar-refractivity contribution in [1.29, 1.82) is 0 Å². The molecule has 0 unspecified atom stereocenters. The zero-order valence-electron chi connectivity index (χ0n) is 11.2. The number of benzene rings is 1. The summed E-state index contributed by atoms with van der Waals surface area (Å²) in [5.74, 6) is 1.21. The average Bonchev–Trinajstić information content (AvgIpc) is 2.45. The lowest BCUT2D eigenvalue weighted by Gasteiger charge is -2.12.